The van der Waals surface area contributed by atoms with Gasteiger partial charge >= 0.3 is 0 Å². The maximum atomic E-state index is 10.6. The number of pyridine rings is 1. The number of aryl methyl sites for hydroxylation is 2. The van der Waals surface area contributed by atoms with E-state index in [0.717, 1.165) is 5.56 Å². The van der Waals surface area contributed by atoms with E-state index in [0.29, 0.717) is 53.1 Å². The van der Waals surface area contributed by atoms with Gasteiger partial charge in [0.1, 0.15) is 17.5 Å². The van der Waals surface area contributed by atoms with Crippen LogP contribution < -0.4 is 10.6 Å². The fourth-order valence-electron chi connectivity index (χ4n) is 4.40. The van der Waals surface area contributed by atoms with E-state index >= 15 is 0 Å². The third-order valence-electron chi connectivity index (χ3n) is 6.40. The van der Waals surface area contributed by atoms with Crippen molar-refractivity contribution in [3.8, 4) is 11.5 Å². The summed E-state index contributed by atoms with van der Waals surface area (Å²) in [5, 5.41) is 36.9. The Kier molecular flexibility index (Phi) is 6.33. The van der Waals surface area contributed by atoms with Gasteiger partial charge in [-0.25, -0.2) is 9.97 Å². The minimum Gasteiger partial charge on any atom is -0.434 e. The molecule has 5 N–H and O–H groups in total. The van der Waals surface area contributed by atoms with E-state index in [1.54, 1.807) is 18.3 Å². The van der Waals surface area contributed by atoms with Crippen molar-refractivity contribution in [1.29, 1.82) is 0 Å². The first kappa shape index (κ1) is 23.2. The van der Waals surface area contributed by atoms with Crippen LogP contribution in [0.3, 0.4) is 0 Å². The van der Waals surface area contributed by atoms with Gasteiger partial charge in [0.05, 0.1) is 17.8 Å². The molecule has 0 aliphatic heterocycles. The lowest BCUT2D eigenvalue weighted by atomic mass is 10.1. The molecule has 182 valence electrons. The number of oxazole rings is 1. The lowest BCUT2D eigenvalue weighted by Gasteiger charge is -2.21. The van der Waals surface area contributed by atoms with E-state index in [9.17, 15) is 15.3 Å². The first-order chi connectivity index (χ1) is 16.9. The Morgan fingerprint density at radius 3 is 2.54 bits per heavy atom. The average Bonchev–Trinajstić information content (AvgIpc) is 3.39. The number of aliphatic hydroxyl groups is 3. The molecule has 35 heavy (non-hydrogen) atoms. The van der Waals surface area contributed by atoms with Crippen molar-refractivity contribution in [2.75, 3.05) is 17.2 Å². The molecule has 4 atom stereocenters. The Labute approximate surface area is 202 Å². The Hall–Kier alpha value is -3.60. The Balaban J connectivity index is 1.50. The van der Waals surface area contributed by atoms with Crippen molar-refractivity contribution in [1.82, 2.24) is 19.9 Å². The molecule has 1 aliphatic carbocycles. The van der Waals surface area contributed by atoms with Crippen molar-refractivity contribution in [3.05, 3.63) is 59.4 Å². The molecule has 10 nitrogen and oxygen atoms in total. The topological polar surface area (TPSA) is 149 Å². The van der Waals surface area contributed by atoms with Crippen LogP contribution in [0.25, 0.3) is 22.7 Å². The van der Waals surface area contributed by atoms with Crippen LogP contribution in [0.2, 0.25) is 0 Å². The molecule has 10 heteroatoms. The molecule has 1 aromatic carbocycles. The third kappa shape index (κ3) is 4.68. The fraction of sp³-hybridized carbons (Fsp3) is 0.360. The van der Waals surface area contributed by atoms with Gasteiger partial charge in [0.2, 0.25) is 11.8 Å². The van der Waals surface area contributed by atoms with Crippen LogP contribution in [-0.2, 0) is 6.54 Å². The lowest BCUT2D eigenvalue weighted by Crippen LogP contribution is -2.35. The molecule has 1 aliphatic rings. The summed E-state index contributed by atoms with van der Waals surface area (Å²) in [6.07, 6.45) is -0.0792. The standard InChI is InChI=1S/C25H28N6O4/c1-13-5-7-15(8-6-13)11-27-25-28-14(2)19(24-30-22-18(35-24)4-3-9-26-22)23(31-25)29-17-10-16(12-32)20(33)21(17)34/h3-9,16-17,20-21,32-34H,10-12H2,1-2H3,(H2,27,28,29,31)/t16-,17-,20-,21+/m1/s1. The van der Waals surface area contributed by atoms with Crippen LogP contribution in [-0.4, -0.2) is 60.1 Å². The average molecular weight is 477 g/mol. The summed E-state index contributed by atoms with van der Waals surface area (Å²) in [7, 11) is 0. The van der Waals surface area contributed by atoms with Crippen molar-refractivity contribution in [2.45, 2.75) is 45.1 Å². The number of nitrogens with zero attached hydrogens (tertiary/aromatic N) is 4. The summed E-state index contributed by atoms with van der Waals surface area (Å²) in [4.78, 5) is 18.0. The maximum absolute atomic E-state index is 10.6. The van der Waals surface area contributed by atoms with E-state index in [1.165, 1.54) is 5.56 Å². The van der Waals surface area contributed by atoms with Gasteiger partial charge in [0, 0.05) is 25.3 Å². The highest BCUT2D eigenvalue weighted by Crippen LogP contribution is 2.35. The normalized spacial score (nSPS) is 22.0. The molecule has 0 saturated heterocycles. The second-order valence-corrected chi connectivity index (χ2v) is 8.95. The summed E-state index contributed by atoms with van der Waals surface area (Å²) in [6.45, 7) is 4.19. The van der Waals surface area contributed by atoms with Gasteiger partial charge in [-0.3, -0.25) is 0 Å². The summed E-state index contributed by atoms with van der Waals surface area (Å²) < 4.78 is 5.94. The molecule has 0 amide bonds. The van der Waals surface area contributed by atoms with Crippen LogP contribution >= 0.6 is 0 Å². The van der Waals surface area contributed by atoms with E-state index in [2.05, 4.69) is 30.6 Å². The van der Waals surface area contributed by atoms with Crippen LogP contribution in [0, 0.1) is 19.8 Å². The van der Waals surface area contributed by atoms with Gasteiger partial charge in [-0.15, -0.1) is 0 Å². The molecule has 3 aromatic heterocycles. The van der Waals surface area contributed by atoms with Crippen molar-refractivity contribution >= 4 is 23.0 Å². The zero-order valence-electron chi connectivity index (χ0n) is 19.5. The second kappa shape index (κ2) is 9.57. The summed E-state index contributed by atoms with van der Waals surface area (Å²) >= 11 is 0. The van der Waals surface area contributed by atoms with E-state index in [-0.39, 0.29) is 6.61 Å². The minimum absolute atomic E-state index is 0.216. The molecular formula is C25H28N6O4. The predicted molar refractivity (Wildman–Crippen MR) is 131 cm³/mol. The number of anilines is 2. The number of hydrogen-bond donors (Lipinski definition) is 5. The quantitative estimate of drug-likeness (QED) is 0.269. The van der Waals surface area contributed by atoms with Crippen LogP contribution in [0.15, 0.2) is 47.0 Å². The number of hydrogen-bond acceptors (Lipinski definition) is 10. The molecule has 0 spiro atoms. The van der Waals surface area contributed by atoms with Crippen LogP contribution in [0.4, 0.5) is 11.8 Å². The molecule has 0 radical (unpaired) electrons. The van der Waals surface area contributed by atoms with Gasteiger partial charge in [0.15, 0.2) is 11.2 Å². The Morgan fingerprint density at radius 2 is 1.83 bits per heavy atom. The highest BCUT2D eigenvalue weighted by atomic mass is 16.3. The number of nitrogens with one attached hydrogen (secondary N) is 2. The Morgan fingerprint density at radius 1 is 1.03 bits per heavy atom. The number of benzene rings is 1. The van der Waals surface area contributed by atoms with Gasteiger partial charge < -0.3 is 30.4 Å². The zero-order valence-corrected chi connectivity index (χ0v) is 19.5. The number of rotatable bonds is 7. The SMILES string of the molecule is Cc1ccc(CNc2nc(C)c(-c3nc4ncccc4o3)c(N[C@@H]3C[C@H](CO)[C@@H](O)[C@H]3O)n2)cc1. The smallest absolute Gasteiger partial charge is 0.234 e. The summed E-state index contributed by atoms with van der Waals surface area (Å²) in [5.74, 6) is 0.678. The third-order valence-corrected chi connectivity index (χ3v) is 6.40. The van der Waals surface area contributed by atoms with Gasteiger partial charge in [-0.1, -0.05) is 29.8 Å². The van der Waals surface area contributed by atoms with Gasteiger partial charge in [-0.2, -0.15) is 9.97 Å². The monoisotopic (exact) mass is 476 g/mol. The highest BCUT2D eigenvalue weighted by molar-refractivity contribution is 5.78. The molecular weight excluding hydrogens is 448 g/mol. The summed E-state index contributed by atoms with van der Waals surface area (Å²) in [5.41, 5.74) is 4.42. The van der Waals surface area contributed by atoms with Crippen molar-refractivity contribution in [2.24, 2.45) is 5.92 Å². The molecule has 4 aromatic rings. The maximum Gasteiger partial charge on any atom is 0.234 e. The molecule has 1 saturated carbocycles. The van der Waals surface area contributed by atoms with E-state index < -0.39 is 24.2 Å². The van der Waals surface area contributed by atoms with Crippen molar-refractivity contribution < 1.29 is 19.7 Å². The lowest BCUT2D eigenvalue weighted by molar-refractivity contribution is 0.00446. The van der Waals surface area contributed by atoms with Crippen molar-refractivity contribution in [3.63, 3.8) is 0 Å². The minimum atomic E-state index is -1.07. The van der Waals surface area contributed by atoms with E-state index in [1.807, 2.05) is 38.1 Å². The molecule has 0 bridgehead atoms. The number of aromatic nitrogens is 4. The number of aliphatic hydroxyl groups excluding tert-OH is 3. The van der Waals surface area contributed by atoms with Crippen LogP contribution in [0.5, 0.6) is 0 Å². The van der Waals surface area contributed by atoms with Gasteiger partial charge in [0.25, 0.3) is 0 Å². The number of fused-ring (bicyclic) bond motifs is 1. The van der Waals surface area contributed by atoms with Crippen LogP contribution in [0.1, 0.15) is 23.2 Å². The first-order valence-corrected chi connectivity index (χ1v) is 11.6. The predicted octanol–water partition coefficient (Wildman–Crippen LogP) is 2.42. The zero-order chi connectivity index (χ0) is 24.5. The molecule has 5 rings (SSSR count). The largest absolute Gasteiger partial charge is 0.434 e. The second-order valence-electron chi connectivity index (χ2n) is 8.95. The first-order valence-electron chi connectivity index (χ1n) is 11.6. The van der Waals surface area contributed by atoms with E-state index in [4.69, 9.17) is 4.42 Å². The fourth-order valence-corrected chi connectivity index (χ4v) is 4.40. The molecule has 1 fully saturated rings. The summed E-state index contributed by atoms with van der Waals surface area (Å²) in [6, 6.07) is 11.2. The Bertz CT molecular complexity index is 1290. The molecule has 3 heterocycles. The highest BCUT2D eigenvalue weighted by Gasteiger charge is 2.41. The molecule has 0 unspecified atom stereocenters. The van der Waals surface area contributed by atoms with Gasteiger partial charge in [-0.05, 0) is 38.0 Å².